The molecule has 0 aromatic carbocycles. The van der Waals surface area contributed by atoms with Crippen LogP contribution in [-0.2, 0) is 4.79 Å². The van der Waals surface area contributed by atoms with Gasteiger partial charge in [0.2, 0.25) is 0 Å². The highest BCUT2D eigenvalue weighted by Gasteiger charge is 1.98. The van der Waals surface area contributed by atoms with Crippen LogP contribution in [0.5, 0.6) is 0 Å². The predicted molar refractivity (Wildman–Crippen MR) is 46.1 cm³/mol. The summed E-state index contributed by atoms with van der Waals surface area (Å²) in [4.78, 5) is 10.4. The van der Waals surface area contributed by atoms with Crippen molar-refractivity contribution in [2.45, 2.75) is 0 Å². The Hall–Kier alpha value is -1.88. The summed E-state index contributed by atoms with van der Waals surface area (Å²) in [6.45, 7) is 0. The van der Waals surface area contributed by atoms with Crippen LogP contribution in [0.2, 0.25) is 0 Å². The fourth-order valence-corrected chi connectivity index (χ4v) is 0.841. The molecule has 2 heteroatoms. The van der Waals surface area contributed by atoms with E-state index in [-0.39, 0.29) is 5.57 Å². The van der Waals surface area contributed by atoms with E-state index in [1.54, 1.807) is 24.3 Å². The first kappa shape index (κ1) is 8.22. The van der Waals surface area contributed by atoms with Gasteiger partial charge in [-0.15, -0.1) is 0 Å². The van der Waals surface area contributed by atoms with E-state index in [9.17, 15) is 4.79 Å². The average molecular weight is 157 g/mol. The summed E-state index contributed by atoms with van der Waals surface area (Å²) in [7, 11) is 0. The summed E-state index contributed by atoms with van der Waals surface area (Å²) in [6, 6.07) is 1.83. The van der Waals surface area contributed by atoms with Gasteiger partial charge >= 0.3 is 0 Å². The molecule has 0 fully saturated rings. The van der Waals surface area contributed by atoms with Gasteiger partial charge in [-0.05, 0) is 5.57 Å². The first-order valence-corrected chi connectivity index (χ1v) is 3.49. The molecule has 2 nitrogen and oxygen atoms in total. The van der Waals surface area contributed by atoms with Crippen molar-refractivity contribution < 1.29 is 4.79 Å². The molecule has 0 N–H and O–H groups in total. The Bertz CT molecular complexity index is 319. The second-order valence-corrected chi connectivity index (χ2v) is 2.20. The standard InChI is InChI=1S/C10H7NO/c11-7-10(8-12)9-5-3-1-2-4-6-9/h1-6,8H. The molecule has 0 spiro atoms. The topological polar surface area (TPSA) is 40.9 Å². The van der Waals surface area contributed by atoms with Crippen molar-refractivity contribution >= 4 is 6.29 Å². The maximum atomic E-state index is 10.4. The fraction of sp³-hybridized carbons (Fsp3) is 0. The Labute approximate surface area is 70.8 Å². The minimum absolute atomic E-state index is 0.159. The van der Waals surface area contributed by atoms with Gasteiger partial charge in [-0.25, -0.2) is 0 Å². The van der Waals surface area contributed by atoms with Crippen molar-refractivity contribution in [2.75, 3.05) is 0 Å². The summed E-state index contributed by atoms with van der Waals surface area (Å²) in [6.07, 6.45) is 11.3. The molecule has 0 aromatic rings. The average Bonchev–Trinajstić information content (AvgIpc) is 2.35. The van der Waals surface area contributed by atoms with Crippen LogP contribution in [0.25, 0.3) is 0 Å². The molecule has 0 saturated heterocycles. The van der Waals surface area contributed by atoms with E-state index in [4.69, 9.17) is 5.26 Å². The van der Waals surface area contributed by atoms with Crippen LogP contribution < -0.4 is 0 Å². The van der Waals surface area contributed by atoms with Crippen molar-refractivity contribution in [1.82, 2.24) is 0 Å². The molecular weight excluding hydrogens is 150 g/mol. The van der Waals surface area contributed by atoms with Gasteiger partial charge in [0.25, 0.3) is 0 Å². The van der Waals surface area contributed by atoms with E-state index in [0.717, 1.165) is 0 Å². The van der Waals surface area contributed by atoms with Gasteiger partial charge in [-0.2, -0.15) is 5.26 Å². The fourth-order valence-electron chi connectivity index (χ4n) is 0.841. The van der Waals surface area contributed by atoms with Gasteiger partial charge in [0, 0.05) is 0 Å². The number of rotatable bonds is 1. The van der Waals surface area contributed by atoms with Crippen LogP contribution in [0.4, 0.5) is 0 Å². The van der Waals surface area contributed by atoms with Gasteiger partial charge in [0.15, 0.2) is 6.29 Å². The normalized spacial score (nSPS) is 13.8. The van der Waals surface area contributed by atoms with E-state index in [1.807, 2.05) is 18.2 Å². The quantitative estimate of drug-likeness (QED) is 0.330. The first-order valence-electron chi connectivity index (χ1n) is 3.49. The summed E-state index contributed by atoms with van der Waals surface area (Å²) in [5, 5.41) is 8.54. The highest BCUT2D eigenvalue weighted by molar-refractivity contribution is 5.82. The maximum Gasteiger partial charge on any atom is 0.161 e. The lowest BCUT2D eigenvalue weighted by molar-refractivity contribution is -0.104. The number of aldehydes is 1. The van der Waals surface area contributed by atoms with Gasteiger partial charge < -0.3 is 0 Å². The van der Waals surface area contributed by atoms with E-state index in [0.29, 0.717) is 11.9 Å². The number of carbonyl (C=O) groups is 1. The van der Waals surface area contributed by atoms with Crippen LogP contribution in [0, 0.1) is 11.3 Å². The highest BCUT2D eigenvalue weighted by atomic mass is 16.1. The Balaban J connectivity index is 3.10. The number of nitrogens with zero attached hydrogens (tertiary/aromatic N) is 1. The van der Waals surface area contributed by atoms with Crippen LogP contribution in [-0.4, -0.2) is 6.29 Å². The molecule has 0 aromatic heterocycles. The number of carbonyl (C=O) groups excluding carboxylic acids is 1. The number of allylic oxidation sites excluding steroid dienone is 8. The summed E-state index contributed by atoms with van der Waals surface area (Å²) >= 11 is 0. The van der Waals surface area contributed by atoms with E-state index in [1.165, 1.54) is 0 Å². The molecule has 1 rings (SSSR count). The lowest BCUT2D eigenvalue weighted by Crippen LogP contribution is -1.84. The second kappa shape index (κ2) is 4.09. The zero-order valence-corrected chi connectivity index (χ0v) is 6.40. The SMILES string of the molecule is N#CC(C=O)=C1C=CC=CC=C1. The summed E-state index contributed by atoms with van der Waals surface area (Å²) in [5.41, 5.74) is 0.809. The Kier molecular flexibility index (Phi) is 2.80. The Morgan fingerprint density at radius 2 is 1.83 bits per heavy atom. The van der Waals surface area contributed by atoms with Crippen molar-refractivity contribution in [1.29, 1.82) is 5.26 Å². The van der Waals surface area contributed by atoms with Crippen molar-refractivity contribution in [3.63, 3.8) is 0 Å². The van der Waals surface area contributed by atoms with E-state index in [2.05, 4.69) is 0 Å². The minimum Gasteiger partial charge on any atom is -0.297 e. The van der Waals surface area contributed by atoms with Crippen LogP contribution in [0.15, 0.2) is 47.6 Å². The number of hydrogen-bond acceptors (Lipinski definition) is 2. The zero-order chi connectivity index (χ0) is 8.81. The van der Waals surface area contributed by atoms with Crippen LogP contribution in [0.3, 0.4) is 0 Å². The van der Waals surface area contributed by atoms with Gasteiger partial charge in [0.1, 0.15) is 6.07 Å². The van der Waals surface area contributed by atoms with Crippen LogP contribution >= 0.6 is 0 Å². The van der Waals surface area contributed by atoms with Crippen molar-refractivity contribution in [3.8, 4) is 6.07 Å². The first-order chi connectivity index (χ1) is 5.88. The minimum atomic E-state index is 0.159. The molecule has 0 atom stereocenters. The Morgan fingerprint density at radius 3 is 2.25 bits per heavy atom. The third-order valence-corrected chi connectivity index (χ3v) is 1.43. The number of hydrogen-bond donors (Lipinski definition) is 0. The monoisotopic (exact) mass is 157 g/mol. The van der Waals surface area contributed by atoms with Gasteiger partial charge in [0.05, 0.1) is 5.57 Å². The third-order valence-electron chi connectivity index (χ3n) is 1.43. The number of nitriles is 1. The van der Waals surface area contributed by atoms with Crippen LogP contribution in [0.1, 0.15) is 0 Å². The largest absolute Gasteiger partial charge is 0.297 e. The molecule has 0 amide bonds. The molecule has 12 heavy (non-hydrogen) atoms. The zero-order valence-electron chi connectivity index (χ0n) is 6.40. The van der Waals surface area contributed by atoms with Crippen molar-refractivity contribution in [3.05, 3.63) is 47.6 Å². The highest BCUT2D eigenvalue weighted by Crippen LogP contribution is 2.08. The summed E-state index contributed by atoms with van der Waals surface area (Å²) in [5.74, 6) is 0. The lowest BCUT2D eigenvalue weighted by atomic mass is 10.1. The Morgan fingerprint density at radius 1 is 1.25 bits per heavy atom. The molecule has 0 bridgehead atoms. The molecule has 1 aliphatic rings. The molecule has 0 heterocycles. The molecule has 0 radical (unpaired) electrons. The molecule has 0 unspecified atom stereocenters. The second-order valence-electron chi connectivity index (χ2n) is 2.20. The van der Waals surface area contributed by atoms with Crippen molar-refractivity contribution in [2.24, 2.45) is 0 Å². The van der Waals surface area contributed by atoms with Gasteiger partial charge in [-0.3, -0.25) is 4.79 Å². The van der Waals surface area contributed by atoms with Gasteiger partial charge in [-0.1, -0.05) is 36.5 Å². The molecule has 0 saturated carbocycles. The maximum absolute atomic E-state index is 10.4. The van der Waals surface area contributed by atoms with E-state index < -0.39 is 0 Å². The molecular formula is C10H7NO. The summed E-state index contributed by atoms with van der Waals surface area (Å²) < 4.78 is 0. The smallest absolute Gasteiger partial charge is 0.161 e. The van der Waals surface area contributed by atoms with E-state index >= 15 is 0 Å². The predicted octanol–water partition coefficient (Wildman–Crippen LogP) is 1.69. The molecule has 0 aliphatic heterocycles. The molecule has 58 valence electrons. The third kappa shape index (κ3) is 1.80. The molecule has 1 aliphatic carbocycles. The lowest BCUT2D eigenvalue weighted by Gasteiger charge is -1.90.